The number of benzene rings is 2. The largest absolute Gasteiger partial charge is 0.494 e. The summed E-state index contributed by atoms with van der Waals surface area (Å²) in [6.45, 7) is 7.63. The summed E-state index contributed by atoms with van der Waals surface area (Å²) < 4.78 is 33.3. The van der Waals surface area contributed by atoms with Gasteiger partial charge in [-0.15, -0.1) is 12.4 Å². The van der Waals surface area contributed by atoms with Crippen molar-refractivity contribution in [3.8, 4) is 5.75 Å². The molecule has 4 N–H and O–H groups in total. The quantitative estimate of drug-likeness (QED) is 0.276. The Morgan fingerprint density at radius 2 is 1.82 bits per heavy atom. The number of amides is 3. The van der Waals surface area contributed by atoms with E-state index in [0.717, 1.165) is 12.1 Å². The summed E-state index contributed by atoms with van der Waals surface area (Å²) in [6, 6.07) is 4.19. The van der Waals surface area contributed by atoms with E-state index in [2.05, 4.69) is 31.2 Å². The standard InChI is InChI=1S/C30H37F2N7O4.ClH/c1-16(33-5)27(40)38-25(30(2,3)4)29(42)39-11-7-8-23(39)28(41)37-22-13-18-21(14-24(22)43-6)34-15-35-26(18)36-20-10-9-17(31)12-19(20)32;/h9-10,12-16,23,25,33H,7-8,11H2,1-6H3,(H,37,41)(H,38,40)(H,34,35,36);1H/t16-,23-,25+;/m0./s1. The lowest BCUT2D eigenvalue weighted by Gasteiger charge is -2.36. The first kappa shape index (κ1) is 34.4. The van der Waals surface area contributed by atoms with Gasteiger partial charge in [0.15, 0.2) is 0 Å². The summed E-state index contributed by atoms with van der Waals surface area (Å²) in [5.41, 5.74) is 0.138. The minimum absolute atomic E-state index is 0. The topological polar surface area (TPSA) is 138 Å². The number of carbonyl (C=O) groups is 3. The monoisotopic (exact) mass is 633 g/mol. The fourth-order valence-corrected chi connectivity index (χ4v) is 4.90. The molecule has 3 aromatic rings. The van der Waals surface area contributed by atoms with Crippen LogP contribution in [0.25, 0.3) is 10.9 Å². The van der Waals surface area contributed by atoms with Crippen LogP contribution in [0.4, 0.5) is 26.0 Å². The normalized spacial score (nSPS) is 16.1. The predicted molar refractivity (Wildman–Crippen MR) is 166 cm³/mol. The van der Waals surface area contributed by atoms with Gasteiger partial charge in [-0.2, -0.15) is 0 Å². The maximum absolute atomic E-state index is 14.4. The average molecular weight is 634 g/mol. The number of hydrogen-bond acceptors (Lipinski definition) is 8. The minimum atomic E-state index is -0.850. The van der Waals surface area contributed by atoms with E-state index in [-0.39, 0.29) is 35.7 Å². The first-order valence-electron chi connectivity index (χ1n) is 14.0. The van der Waals surface area contributed by atoms with E-state index in [1.54, 1.807) is 26.1 Å². The summed E-state index contributed by atoms with van der Waals surface area (Å²) in [5.74, 6) is -2.06. The van der Waals surface area contributed by atoms with Crippen LogP contribution in [-0.4, -0.2) is 71.4 Å². The number of aromatic nitrogens is 2. The molecule has 1 fully saturated rings. The second kappa shape index (κ2) is 14.1. The summed E-state index contributed by atoms with van der Waals surface area (Å²) in [4.78, 5) is 50.1. The van der Waals surface area contributed by atoms with Crippen LogP contribution in [0, 0.1) is 17.0 Å². The Hall–Kier alpha value is -4.10. The van der Waals surface area contributed by atoms with Crippen LogP contribution in [0.5, 0.6) is 5.75 Å². The smallest absolute Gasteiger partial charge is 0.247 e. The molecule has 0 unspecified atom stereocenters. The van der Waals surface area contributed by atoms with Gasteiger partial charge in [-0.25, -0.2) is 18.7 Å². The van der Waals surface area contributed by atoms with Crippen molar-refractivity contribution in [1.82, 2.24) is 25.5 Å². The molecule has 238 valence electrons. The van der Waals surface area contributed by atoms with Crippen molar-refractivity contribution in [2.75, 3.05) is 31.3 Å². The molecular formula is C30H38ClF2N7O4. The van der Waals surface area contributed by atoms with E-state index in [4.69, 9.17) is 4.74 Å². The first-order valence-corrected chi connectivity index (χ1v) is 14.0. The summed E-state index contributed by atoms with van der Waals surface area (Å²) >= 11 is 0. The number of ether oxygens (including phenoxy) is 1. The Bertz CT molecular complexity index is 1540. The van der Waals surface area contributed by atoms with Crippen LogP contribution in [-0.2, 0) is 14.4 Å². The highest BCUT2D eigenvalue weighted by molar-refractivity contribution is 6.03. The van der Waals surface area contributed by atoms with Crippen LogP contribution in [0.1, 0.15) is 40.5 Å². The van der Waals surface area contributed by atoms with Crippen LogP contribution in [0.3, 0.4) is 0 Å². The third-order valence-electron chi connectivity index (χ3n) is 7.46. The lowest BCUT2D eigenvalue weighted by Crippen LogP contribution is -2.59. The number of likely N-dealkylation sites (tertiary alicyclic amines) is 1. The third kappa shape index (κ3) is 7.51. The van der Waals surface area contributed by atoms with Crippen LogP contribution in [0.2, 0.25) is 0 Å². The molecular weight excluding hydrogens is 596 g/mol. The highest BCUT2D eigenvalue weighted by Gasteiger charge is 2.42. The molecule has 3 amide bonds. The van der Waals surface area contributed by atoms with Crippen LogP contribution >= 0.6 is 12.4 Å². The Balaban J connectivity index is 0.00000529. The Morgan fingerprint density at radius 3 is 2.45 bits per heavy atom. The molecule has 3 atom stereocenters. The molecule has 0 radical (unpaired) electrons. The molecule has 2 heterocycles. The number of fused-ring (bicyclic) bond motifs is 1. The molecule has 1 aromatic heterocycles. The number of carbonyl (C=O) groups excluding carboxylic acids is 3. The third-order valence-corrected chi connectivity index (χ3v) is 7.46. The maximum atomic E-state index is 14.4. The van der Waals surface area contributed by atoms with E-state index in [1.165, 1.54) is 24.4 Å². The van der Waals surface area contributed by atoms with E-state index in [1.807, 2.05) is 20.8 Å². The second-order valence-corrected chi connectivity index (χ2v) is 11.5. The van der Waals surface area contributed by atoms with Gasteiger partial charge in [0.05, 0.1) is 30.0 Å². The van der Waals surface area contributed by atoms with Gasteiger partial charge in [0.1, 0.15) is 41.6 Å². The maximum Gasteiger partial charge on any atom is 0.247 e. The van der Waals surface area contributed by atoms with Crippen LogP contribution < -0.4 is 26.0 Å². The summed E-state index contributed by atoms with van der Waals surface area (Å²) in [6.07, 6.45) is 2.33. The molecule has 11 nitrogen and oxygen atoms in total. The number of halogens is 3. The number of nitrogens with zero attached hydrogens (tertiary/aromatic N) is 3. The second-order valence-electron chi connectivity index (χ2n) is 11.5. The molecule has 0 bridgehead atoms. The Morgan fingerprint density at radius 1 is 1.09 bits per heavy atom. The Labute approximate surface area is 260 Å². The molecule has 2 aromatic carbocycles. The lowest BCUT2D eigenvalue weighted by atomic mass is 9.85. The fraction of sp³-hybridized carbons (Fsp3) is 0.433. The SMILES string of the molecule is CN[C@@H](C)C(=O)N[C@H](C(=O)N1CCC[C@H]1C(=O)Nc1cc2c(Nc3ccc(F)cc3F)ncnc2cc1OC)C(C)(C)C.Cl. The number of rotatable bonds is 9. The molecule has 14 heteroatoms. The van der Waals surface area contributed by atoms with E-state index >= 15 is 0 Å². The summed E-state index contributed by atoms with van der Waals surface area (Å²) in [7, 11) is 3.10. The molecule has 1 aliphatic heterocycles. The zero-order chi connectivity index (χ0) is 31.5. The van der Waals surface area contributed by atoms with Crippen molar-refractivity contribution < 1.29 is 27.9 Å². The number of methoxy groups -OCH3 is 1. The average Bonchev–Trinajstić information content (AvgIpc) is 3.46. The zero-order valence-electron chi connectivity index (χ0n) is 25.5. The predicted octanol–water partition coefficient (Wildman–Crippen LogP) is 4.15. The van der Waals surface area contributed by atoms with Gasteiger partial charge in [0.2, 0.25) is 17.7 Å². The van der Waals surface area contributed by atoms with Gasteiger partial charge in [-0.05, 0) is 50.4 Å². The van der Waals surface area contributed by atoms with Gasteiger partial charge in [-0.3, -0.25) is 14.4 Å². The van der Waals surface area contributed by atoms with E-state index in [9.17, 15) is 23.2 Å². The van der Waals surface area contributed by atoms with Gasteiger partial charge in [0, 0.05) is 24.1 Å². The number of likely N-dealkylation sites (N-methyl/N-ethyl adjacent to an activating group) is 1. The van der Waals surface area contributed by atoms with Gasteiger partial charge >= 0.3 is 0 Å². The lowest BCUT2D eigenvalue weighted by molar-refractivity contribution is -0.143. The minimum Gasteiger partial charge on any atom is -0.494 e. The van der Waals surface area contributed by atoms with Crippen molar-refractivity contribution in [2.45, 2.75) is 58.7 Å². The van der Waals surface area contributed by atoms with Crippen molar-refractivity contribution in [1.29, 1.82) is 0 Å². The number of nitrogens with one attached hydrogen (secondary N) is 4. The highest BCUT2D eigenvalue weighted by Crippen LogP contribution is 2.34. The highest BCUT2D eigenvalue weighted by atomic mass is 35.5. The van der Waals surface area contributed by atoms with Gasteiger partial charge in [0.25, 0.3) is 0 Å². The van der Waals surface area contributed by atoms with Gasteiger partial charge in [-0.1, -0.05) is 20.8 Å². The molecule has 1 saturated heterocycles. The molecule has 0 aliphatic carbocycles. The summed E-state index contributed by atoms with van der Waals surface area (Å²) in [5, 5.41) is 11.9. The van der Waals surface area contributed by atoms with E-state index < -0.39 is 41.1 Å². The number of hydrogen-bond donors (Lipinski definition) is 4. The van der Waals surface area contributed by atoms with Gasteiger partial charge < -0.3 is 30.9 Å². The van der Waals surface area contributed by atoms with Crippen molar-refractivity contribution in [2.24, 2.45) is 5.41 Å². The molecule has 44 heavy (non-hydrogen) atoms. The fourth-order valence-electron chi connectivity index (χ4n) is 4.90. The van der Waals surface area contributed by atoms with Crippen molar-refractivity contribution in [3.05, 3.63) is 48.3 Å². The molecule has 1 aliphatic rings. The van der Waals surface area contributed by atoms with Crippen molar-refractivity contribution >= 4 is 58.2 Å². The van der Waals surface area contributed by atoms with Crippen molar-refractivity contribution in [3.63, 3.8) is 0 Å². The Kier molecular flexibility index (Phi) is 11.0. The first-order chi connectivity index (χ1) is 20.3. The zero-order valence-corrected chi connectivity index (χ0v) is 26.3. The van der Waals surface area contributed by atoms with E-state index in [0.29, 0.717) is 41.7 Å². The molecule has 4 rings (SSSR count). The molecule has 0 spiro atoms. The van der Waals surface area contributed by atoms with Crippen LogP contribution in [0.15, 0.2) is 36.7 Å². The molecule has 0 saturated carbocycles. The number of anilines is 3.